The Balaban J connectivity index is 2.97. The number of nitrogens with zero attached hydrogens (tertiary/aromatic N) is 3. The summed E-state index contributed by atoms with van der Waals surface area (Å²) in [5, 5.41) is 30.3. The van der Waals surface area contributed by atoms with E-state index in [1.54, 1.807) is 20.8 Å². The van der Waals surface area contributed by atoms with E-state index in [-0.39, 0.29) is 11.4 Å². The zero-order valence-corrected chi connectivity index (χ0v) is 13.4. The van der Waals surface area contributed by atoms with Crippen molar-refractivity contribution in [2.75, 3.05) is 5.75 Å². The van der Waals surface area contributed by atoms with Gasteiger partial charge in [0.1, 0.15) is 6.04 Å². The fourth-order valence-electron chi connectivity index (χ4n) is 1.31. The fraction of sp³-hybridized carbons (Fsp3) is 0.462. The van der Waals surface area contributed by atoms with Crippen LogP contribution in [0.15, 0.2) is 12.3 Å². The van der Waals surface area contributed by atoms with E-state index in [1.165, 1.54) is 18.5 Å². The molecule has 0 aliphatic carbocycles. The maximum absolute atomic E-state index is 11.9. The van der Waals surface area contributed by atoms with E-state index < -0.39 is 23.5 Å². The predicted molar refractivity (Wildman–Crippen MR) is 83.3 cm³/mol. The minimum atomic E-state index is -1.20. The molecule has 1 rings (SSSR count). The van der Waals surface area contributed by atoms with Gasteiger partial charge in [0, 0.05) is 26.5 Å². The van der Waals surface area contributed by atoms with Crippen molar-refractivity contribution in [3.63, 3.8) is 0 Å². The van der Waals surface area contributed by atoms with Crippen molar-refractivity contribution in [2.45, 2.75) is 32.4 Å². The average Bonchev–Trinajstić information content (AvgIpc) is 2.43. The molecule has 1 heterocycles. The molecule has 1 atom stereocenters. The molecular weight excluding hydrogens is 308 g/mol. The van der Waals surface area contributed by atoms with Gasteiger partial charge in [-0.3, -0.25) is 4.79 Å². The lowest BCUT2D eigenvalue weighted by molar-refractivity contribution is -0.530. The summed E-state index contributed by atoms with van der Waals surface area (Å²) in [6, 6.07) is 0.229. The number of aromatic nitrogens is 2. The van der Waals surface area contributed by atoms with E-state index in [0.717, 1.165) is 4.74 Å². The summed E-state index contributed by atoms with van der Waals surface area (Å²) >= 11 is 3.85. The number of carbonyl (C=O) groups excluding carboxylic acids is 1. The number of carboxylic acid groups (broad SMARTS) is 1. The molecule has 0 saturated carbocycles. The van der Waals surface area contributed by atoms with Crippen LogP contribution in [0.1, 0.15) is 36.8 Å². The Morgan fingerprint density at radius 1 is 1.55 bits per heavy atom. The van der Waals surface area contributed by atoms with E-state index >= 15 is 0 Å². The van der Waals surface area contributed by atoms with Gasteiger partial charge in [-0.1, -0.05) is 0 Å². The largest absolute Gasteiger partial charge is 0.623 e. The van der Waals surface area contributed by atoms with E-state index in [0.29, 0.717) is 5.56 Å². The molecule has 120 valence electrons. The minimum Gasteiger partial charge on any atom is -0.623 e. The van der Waals surface area contributed by atoms with Crippen LogP contribution in [0.3, 0.4) is 0 Å². The third-order valence-electron chi connectivity index (χ3n) is 2.62. The molecule has 9 heteroatoms. The lowest BCUT2D eigenvalue weighted by atomic mass is 10.1. The molecule has 0 spiro atoms. The number of amides is 1. The summed E-state index contributed by atoms with van der Waals surface area (Å²) in [6.07, 6.45) is 2.62. The van der Waals surface area contributed by atoms with Gasteiger partial charge in [0.05, 0.1) is 11.8 Å². The number of aliphatic carboxylic acids is 1. The molecule has 0 radical (unpaired) electrons. The summed E-state index contributed by atoms with van der Waals surface area (Å²) in [5.74, 6) is -1.95. The molecule has 0 aliphatic rings. The standard InChI is InChI=1S/C13H18N4O4S/c1-13(2,3)17(21)6-8-4-9(16-14-5-8)11(18)15-10(7-22)12(19)20/h4-6,10,22H,7H2,1-3H3,(H,15,18)(H,19,20)/b17-6-. The second-order valence-corrected chi connectivity index (χ2v) is 5.91. The van der Waals surface area contributed by atoms with Crippen LogP contribution in [0, 0.1) is 5.21 Å². The van der Waals surface area contributed by atoms with Gasteiger partial charge in [0.15, 0.2) is 17.4 Å². The van der Waals surface area contributed by atoms with Gasteiger partial charge in [0.25, 0.3) is 5.91 Å². The van der Waals surface area contributed by atoms with Crippen LogP contribution in [0.5, 0.6) is 0 Å². The number of rotatable bonds is 5. The van der Waals surface area contributed by atoms with E-state index in [4.69, 9.17) is 5.11 Å². The quantitative estimate of drug-likeness (QED) is 0.236. The highest BCUT2D eigenvalue weighted by molar-refractivity contribution is 7.80. The van der Waals surface area contributed by atoms with Gasteiger partial charge in [-0.15, -0.1) is 5.10 Å². The highest BCUT2D eigenvalue weighted by Gasteiger charge is 2.21. The van der Waals surface area contributed by atoms with Crippen molar-refractivity contribution in [3.8, 4) is 0 Å². The molecule has 1 aromatic rings. The number of hydroxylamine groups is 1. The molecule has 0 fully saturated rings. The van der Waals surface area contributed by atoms with Gasteiger partial charge < -0.3 is 15.6 Å². The molecule has 8 nitrogen and oxygen atoms in total. The average molecular weight is 326 g/mol. The number of carbonyl (C=O) groups is 2. The van der Waals surface area contributed by atoms with Crippen LogP contribution in [-0.4, -0.2) is 55.5 Å². The molecule has 0 aromatic carbocycles. The Morgan fingerprint density at radius 3 is 2.68 bits per heavy atom. The predicted octanol–water partition coefficient (Wildman–Crippen LogP) is 0.317. The van der Waals surface area contributed by atoms with E-state index in [1.807, 2.05) is 0 Å². The monoisotopic (exact) mass is 326 g/mol. The first kappa shape index (κ1) is 17.9. The summed E-state index contributed by atoms with van der Waals surface area (Å²) in [6.45, 7) is 5.22. The van der Waals surface area contributed by atoms with Crippen LogP contribution in [0.25, 0.3) is 0 Å². The maximum Gasteiger partial charge on any atom is 0.327 e. The first-order chi connectivity index (χ1) is 10.1. The molecule has 0 bridgehead atoms. The Bertz CT molecular complexity index is 598. The summed E-state index contributed by atoms with van der Waals surface area (Å²) < 4.78 is 0.736. The van der Waals surface area contributed by atoms with Crippen LogP contribution in [0.2, 0.25) is 0 Å². The molecule has 1 unspecified atom stereocenters. The second-order valence-electron chi connectivity index (χ2n) is 5.55. The van der Waals surface area contributed by atoms with Gasteiger partial charge in [0.2, 0.25) is 0 Å². The molecule has 1 aromatic heterocycles. The van der Waals surface area contributed by atoms with Crippen LogP contribution >= 0.6 is 12.6 Å². The fourth-order valence-corrected chi connectivity index (χ4v) is 1.56. The van der Waals surface area contributed by atoms with E-state index in [9.17, 15) is 14.8 Å². The molecular formula is C13H18N4O4S. The Kier molecular flexibility index (Phi) is 5.86. The second kappa shape index (κ2) is 7.21. The Hall–Kier alpha value is -2.16. The normalized spacial score (nSPS) is 13.5. The molecule has 22 heavy (non-hydrogen) atoms. The number of nitrogens with one attached hydrogen (secondary N) is 1. The zero-order chi connectivity index (χ0) is 16.9. The minimum absolute atomic E-state index is 0.0569. The van der Waals surface area contributed by atoms with Gasteiger partial charge in [-0.2, -0.15) is 17.7 Å². The Morgan fingerprint density at radius 2 is 2.18 bits per heavy atom. The Labute approximate surface area is 133 Å². The van der Waals surface area contributed by atoms with Crippen molar-refractivity contribution < 1.29 is 19.4 Å². The molecule has 1 amide bonds. The van der Waals surface area contributed by atoms with Crippen molar-refractivity contribution >= 4 is 30.7 Å². The number of hydrogen-bond donors (Lipinski definition) is 3. The zero-order valence-electron chi connectivity index (χ0n) is 12.5. The molecule has 2 N–H and O–H groups in total. The van der Waals surface area contributed by atoms with Crippen molar-refractivity contribution in [2.24, 2.45) is 0 Å². The molecule has 0 saturated heterocycles. The first-order valence-electron chi connectivity index (χ1n) is 6.43. The van der Waals surface area contributed by atoms with Crippen molar-refractivity contribution in [1.82, 2.24) is 15.5 Å². The van der Waals surface area contributed by atoms with Crippen LogP contribution in [-0.2, 0) is 4.79 Å². The first-order valence-corrected chi connectivity index (χ1v) is 7.07. The smallest absolute Gasteiger partial charge is 0.327 e. The highest BCUT2D eigenvalue weighted by Crippen LogP contribution is 2.06. The van der Waals surface area contributed by atoms with Gasteiger partial charge in [-0.05, 0) is 6.07 Å². The highest BCUT2D eigenvalue weighted by atomic mass is 32.1. The third kappa shape index (κ3) is 4.99. The summed E-state index contributed by atoms with van der Waals surface area (Å²) in [5.41, 5.74) is -0.321. The van der Waals surface area contributed by atoms with Crippen LogP contribution in [0.4, 0.5) is 0 Å². The number of carboxylic acids is 1. The topological polar surface area (TPSA) is 118 Å². The third-order valence-corrected chi connectivity index (χ3v) is 2.99. The lowest BCUT2D eigenvalue weighted by Crippen LogP contribution is -2.42. The van der Waals surface area contributed by atoms with Crippen molar-refractivity contribution in [3.05, 3.63) is 28.7 Å². The lowest BCUT2D eigenvalue weighted by Gasteiger charge is -2.18. The van der Waals surface area contributed by atoms with Gasteiger partial charge in [-0.25, -0.2) is 9.53 Å². The number of thiol groups is 1. The SMILES string of the molecule is CC(C)(C)/[N+]([O-])=C/c1cnnc(C(=O)NC(CS)C(=O)O)c1. The van der Waals surface area contributed by atoms with E-state index in [2.05, 4.69) is 28.1 Å². The maximum atomic E-state index is 11.9. The number of hydrogen-bond acceptors (Lipinski definition) is 6. The van der Waals surface area contributed by atoms with Crippen LogP contribution < -0.4 is 5.32 Å². The summed E-state index contributed by atoms with van der Waals surface area (Å²) in [4.78, 5) is 22.8. The molecule has 0 aliphatic heterocycles. The van der Waals surface area contributed by atoms with Gasteiger partial charge >= 0.3 is 5.97 Å². The van der Waals surface area contributed by atoms with Crippen molar-refractivity contribution in [1.29, 1.82) is 0 Å². The summed E-state index contributed by atoms with van der Waals surface area (Å²) in [7, 11) is 0.